The van der Waals surface area contributed by atoms with Gasteiger partial charge in [-0.05, 0) is 32.4 Å². The second-order valence-electron chi connectivity index (χ2n) is 3.91. The number of hydrogen-bond acceptors (Lipinski definition) is 4. The van der Waals surface area contributed by atoms with Gasteiger partial charge in [0.25, 0.3) is 0 Å². The van der Waals surface area contributed by atoms with Gasteiger partial charge in [0.05, 0.1) is 18.1 Å². The summed E-state index contributed by atoms with van der Waals surface area (Å²) < 4.78 is 0. The molecule has 0 amide bonds. The Kier molecular flexibility index (Phi) is 6.73. The van der Waals surface area contributed by atoms with Crippen LogP contribution in [-0.2, 0) is 12.4 Å². The molecule has 1 aromatic rings. The zero-order valence-electron chi connectivity index (χ0n) is 10.1. The largest absolute Gasteiger partial charge is 0.297 e. The Morgan fingerprint density at radius 3 is 2.94 bits per heavy atom. The number of aromatic nitrogens is 1. The van der Waals surface area contributed by atoms with Crippen molar-refractivity contribution in [3.63, 3.8) is 0 Å². The van der Waals surface area contributed by atoms with Gasteiger partial charge >= 0.3 is 0 Å². The van der Waals surface area contributed by atoms with Crippen LogP contribution in [0, 0.1) is 0 Å². The zero-order chi connectivity index (χ0) is 12.0. The van der Waals surface area contributed by atoms with Gasteiger partial charge in [0.1, 0.15) is 5.01 Å². The van der Waals surface area contributed by atoms with E-state index in [1.165, 1.54) is 12.2 Å². The van der Waals surface area contributed by atoms with Gasteiger partial charge in [-0.2, -0.15) is 11.8 Å². The van der Waals surface area contributed by atoms with Crippen LogP contribution in [0.3, 0.4) is 0 Å². The average molecular weight is 279 g/mol. The van der Waals surface area contributed by atoms with Gasteiger partial charge in [-0.1, -0.05) is 0 Å². The van der Waals surface area contributed by atoms with Gasteiger partial charge in [0, 0.05) is 11.4 Å². The SMILES string of the molecule is CSCCC(C)N(C)Cc1nc(CCl)cs1. The molecule has 1 heterocycles. The lowest BCUT2D eigenvalue weighted by atomic mass is 10.2. The summed E-state index contributed by atoms with van der Waals surface area (Å²) in [5, 5.41) is 3.21. The molecule has 1 aromatic heterocycles. The fourth-order valence-electron chi connectivity index (χ4n) is 1.36. The Hall–Kier alpha value is 0.230. The van der Waals surface area contributed by atoms with Crippen molar-refractivity contribution in [3.8, 4) is 0 Å². The molecule has 0 fully saturated rings. The summed E-state index contributed by atoms with van der Waals surface area (Å²) in [6, 6.07) is 0.607. The molecule has 0 aliphatic heterocycles. The van der Waals surface area contributed by atoms with E-state index in [0.29, 0.717) is 11.9 Å². The summed E-state index contributed by atoms with van der Waals surface area (Å²) in [5.41, 5.74) is 0.992. The maximum Gasteiger partial charge on any atom is 0.107 e. The highest BCUT2D eigenvalue weighted by Crippen LogP contribution is 2.15. The molecule has 2 nitrogen and oxygen atoms in total. The molecule has 0 aromatic carbocycles. The molecule has 1 atom stereocenters. The lowest BCUT2D eigenvalue weighted by Gasteiger charge is -2.23. The Bertz CT molecular complexity index is 304. The number of halogens is 1. The first-order valence-electron chi connectivity index (χ1n) is 5.35. The van der Waals surface area contributed by atoms with Crippen molar-refractivity contribution in [3.05, 3.63) is 16.1 Å². The van der Waals surface area contributed by atoms with Crippen LogP contribution in [0.1, 0.15) is 24.0 Å². The Morgan fingerprint density at radius 1 is 1.62 bits per heavy atom. The molecule has 0 saturated heterocycles. The lowest BCUT2D eigenvalue weighted by Crippen LogP contribution is -2.29. The summed E-state index contributed by atoms with van der Waals surface area (Å²) >= 11 is 9.34. The molecule has 0 radical (unpaired) electrons. The van der Waals surface area contributed by atoms with E-state index in [9.17, 15) is 0 Å². The number of hydrogen-bond donors (Lipinski definition) is 0. The summed E-state index contributed by atoms with van der Waals surface area (Å²) in [6.45, 7) is 3.20. The van der Waals surface area contributed by atoms with Gasteiger partial charge in [0.15, 0.2) is 0 Å². The minimum atomic E-state index is 0.516. The highest BCUT2D eigenvalue weighted by atomic mass is 35.5. The second-order valence-corrected chi connectivity index (χ2v) is 6.11. The van der Waals surface area contributed by atoms with E-state index < -0.39 is 0 Å². The number of alkyl halides is 1. The number of rotatable bonds is 7. The molecule has 0 N–H and O–H groups in total. The number of nitrogens with zero attached hydrogens (tertiary/aromatic N) is 2. The third-order valence-electron chi connectivity index (χ3n) is 2.61. The quantitative estimate of drug-likeness (QED) is 0.711. The van der Waals surface area contributed by atoms with E-state index in [1.807, 2.05) is 17.1 Å². The third-order valence-corrected chi connectivity index (χ3v) is 4.41. The van der Waals surface area contributed by atoms with E-state index in [1.54, 1.807) is 11.3 Å². The van der Waals surface area contributed by atoms with Crippen molar-refractivity contribution < 1.29 is 0 Å². The first-order chi connectivity index (χ1) is 7.67. The maximum atomic E-state index is 5.74. The van der Waals surface area contributed by atoms with E-state index in [4.69, 9.17) is 11.6 Å². The molecule has 0 aliphatic rings. The molecule has 16 heavy (non-hydrogen) atoms. The highest BCUT2D eigenvalue weighted by molar-refractivity contribution is 7.98. The Balaban J connectivity index is 2.40. The van der Waals surface area contributed by atoms with E-state index in [-0.39, 0.29) is 0 Å². The van der Waals surface area contributed by atoms with Crippen LogP contribution in [0.25, 0.3) is 0 Å². The van der Waals surface area contributed by atoms with E-state index in [0.717, 1.165) is 17.2 Å². The predicted octanol–water partition coefficient (Wildman–Crippen LogP) is 3.46. The van der Waals surface area contributed by atoms with Gasteiger partial charge in [-0.15, -0.1) is 22.9 Å². The minimum absolute atomic E-state index is 0.516. The third kappa shape index (κ3) is 4.62. The molecule has 5 heteroatoms. The first kappa shape index (κ1) is 14.3. The van der Waals surface area contributed by atoms with E-state index in [2.05, 4.69) is 30.1 Å². The van der Waals surface area contributed by atoms with Crippen molar-refractivity contribution in [1.82, 2.24) is 9.88 Å². The monoisotopic (exact) mass is 278 g/mol. The van der Waals surface area contributed by atoms with Crippen LogP contribution in [0.4, 0.5) is 0 Å². The molecule has 0 spiro atoms. The van der Waals surface area contributed by atoms with Gasteiger partial charge < -0.3 is 0 Å². The maximum absolute atomic E-state index is 5.74. The predicted molar refractivity (Wildman–Crippen MR) is 75.6 cm³/mol. The Labute approximate surface area is 111 Å². The molecule has 1 rings (SSSR count). The van der Waals surface area contributed by atoms with Gasteiger partial charge in [-0.25, -0.2) is 4.98 Å². The van der Waals surface area contributed by atoms with Crippen molar-refractivity contribution >= 4 is 34.7 Å². The van der Waals surface area contributed by atoms with E-state index >= 15 is 0 Å². The van der Waals surface area contributed by atoms with Crippen LogP contribution in [0.5, 0.6) is 0 Å². The average Bonchev–Trinajstić information content (AvgIpc) is 2.73. The molecule has 0 saturated carbocycles. The normalized spacial score (nSPS) is 13.3. The lowest BCUT2D eigenvalue weighted by molar-refractivity contribution is 0.244. The molecule has 1 unspecified atom stereocenters. The minimum Gasteiger partial charge on any atom is -0.297 e. The summed E-state index contributed by atoms with van der Waals surface area (Å²) in [7, 11) is 2.16. The summed E-state index contributed by atoms with van der Waals surface area (Å²) in [5.74, 6) is 1.73. The fraction of sp³-hybridized carbons (Fsp3) is 0.727. The van der Waals surface area contributed by atoms with Gasteiger partial charge in [0.2, 0.25) is 0 Å². The standard InChI is InChI=1S/C11H19ClN2S2/c1-9(4-5-15-3)14(2)7-11-13-10(6-12)8-16-11/h8-9H,4-7H2,1-3H3. The molecular formula is C11H19ClN2S2. The molecular weight excluding hydrogens is 260 g/mol. The number of thiazole rings is 1. The van der Waals surface area contributed by atoms with Crippen molar-refractivity contribution in [2.45, 2.75) is 31.8 Å². The van der Waals surface area contributed by atoms with Crippen LogP contribution in [-0.4, -0.2) is 35.0 Å². The van der Waals surface area contributed by atoms with Crippen LogP contribution < -0.4 is 0 Å². The van der Waals surface area contributed by atoms with Crippen LogP contribution in [0.2, 0.25) is 0 Å². The van der Waals surface area contributed by atoms with Crippen molar-refractivity contribution in [1.29, 1.82) is 0 Å². The van der Waals surface area contributed by atoms with Crippen molar-refractivity contribution in [2.24, 2.45) is 0 Å². The fourth-order valence-corrected chi connectivity index (χ4v) is 3.02. The van der Waals surface area contributed by atoms with Crippen LogP contribution >= 0.6 is 34.7 Å². The van der Waals surface area contributed by atoms with Crippen molar-refractivity contribution in [2.75, 3.05) is 19.1 Å². The molecule has 92 valence electrons. The topological polar surface area (TPSA) is 16.1 Å². The summed E-state index contributed by atoms with van der Waals surface area (Å²) in [4.78, 5) is 6.83. The molecule has 0 bridgehead atoms. The molecule has 0 aliphatic carbocycles. The van der Waals surface area contributed by atoms with Gasteiger partial charge in [-0.3, -0.25) is 4.90 Å². The summed E-state index contributed by atoms with van der Waals surface area (Å²) in [6.07, 6.45) is 3.38. The highest BCUT2D eigenvalue weighted by Gasteiger charge is 2.11. The zero-order valence-corrected chi connectivity index (χ0v) is 12.5. The second kappa shape index (κ2) is 7.54. The smallest absolute Gasteiger partial charge is 0.107 e. The number of thioether (sulfide) groups is 1. The van der Waals surface area contributed by atoms with Crippen LogP contribution in [0.15, 0.2) is 5.38 Å². The first-order valence-corrected chi connectivity index (χ1v) is 8.16. The Morgan fingerprint density at radius 2 is 2.38 bits per heavy atom.